The lowest BCUT2D eigenvalue weighted by molar-refractivity contribution is 0.0936. The van der Waals surface area contributed by atoms with Gasteiger partial charge in [0.2, 0.25) is 0 Å². The molecule has 1 fully saturated rings. The Balaban J connectivity index is 1.79. The Bertz CT molecular complexity index is 473. The lowest BCUT2D eigenvalue weighted by Gasteiger charge is -2.32. The van der Waals surface area contributed by atoms with E-state index in [-0.39, 0.29) is 5.56 Å². The van der Waals surface area contributed by atoms with E-state index >= 15 is 0 Å². The minimum atomic E-state index is -1.09. The molecule has 0 aliphatic carbocycles. The molecule has 0 radical (unpaired) electrons. The molecule has 110 valence electrons. The molecule has 6 heteroatoms. The lowest BCUT2D eigenvalue weighted by Crippen LogP contribution is -2.46. The van der Waals surface area contributed by atoms with Crippen LogP contribution in [0.5, 0.6) is 0 Å². The van der Waals surface area contributed by atoms with Crippen molar-refractivity contribution in [3.63, 3.8) is 0 Å². The number of hydrogen-bond acceptors (Lipinski definition) is 3. The molecule has 0 saturated carbocycles. The predicted molar refractivity (Wildman–Crippen MR) is 72.6 cm³/mol. The van der Waals surface area contributed by atoms with Gasteiger partial charge in [-0.15, -0.1) is 0 Å². The number of halogens is 2. The number of hydrogen-bond donors (Lipinski definition) is 1. The maximum Gasteiger partial charge on any atom is 0.254 e. The van der Waals surface area contributed by atoms with Crippen molar-refractivity contribution in [2.75, 3.05) is 46.3 Å². The first kappa shape index (κ1) is 14.9. The second-order valence-corrected chi connectivity index (χ2v) is 5.00. The van der Waals surface area contributed by atoms with Crippen LogP contribution in [0.1, 0.15) is 10.4 Å². The first-order chi connectivity index (χ1) is 9.58. The third-order valence-electron chi connectivity index (χ3n) is 3.51. The molecule has 1 aromatic carbocycles. The van der Waals surface area contributed by atoms with Gasteiger partial charge in [-0.1, -0.05) is 6.07 Å². The largest absolute Gasteiger partial charge is 0.351 e. The zero-order valence-electron chi connectivity index (χ0n) is 11.5. The molecule has 1 heterocycles. The van der Waals surface area contributed by atoms with Crippen molar-refractivity contribution in [2.24, 2.45) is 0 Å². The summed E-state index contributed by atoms with van der Waals surface area (Å²) < 4.78 is 26.4. The van der Waals surface area contributed by atoms with Crippen LogP contribution in [0.4, 0.5) is 8.78 Å². The van der Waals surface area contributed by atoms with Crippen LogP contribution in [0.15, 0.2) is 18.2 Å². The van der Waals surface area contributed by atoms with Gasteiger partial charge in [-0.25, -0.2) is 8.78 Å². The third-order valence-corrected chi connectivity index (χ3v) is 3.51. The van der Waals surface area contributed by atoms with Gasteiger partial charge in [-0.2, -0.15) is 0 Å². The summed E-state index contributed by atoms with van der Waals surface area (Å²) in [6.45, 7) is 5.08. The molecule has 0 unspecified atom stereocenters. The monoisotopic (exact) mass is 283 g/mol. The molecule has 0 atom stereocenters. The van der Waals surface area contributed by atoms with Gasteiger partial charge in [0, 0.05) is 39.3 Å². The van der Waals surface area contributed by atoms with E-state index in [0.717, 1.165) is 38.8 Å². The summed E-state index contributed by atoms with van der Waals surface area (Å²) in [5.41, 5.74) is -0.247. The van der Waals surface area contributed by atoms with Crippen molar-refractivity contribution in [3.8, 4) is 0 Å². The zero-order valence-corrected chi connectivity index (χ0v) is 11.5. The Morgan fingerprint density at radius 1 is 1.25 bits per heavy atom. The third kappa shape index (κ3) is 3.74. The van der Waals surface area contributed by atoms with E-state index in [1.54, 1.807) is 0 Å². The van der Waals surface area contributed by atoms with E-state index in [9.17, 15) is 13.6 Å². The fraction of sp³-hybridized carbons (Fsp3) is 0.500. The van der Waals surface area contributed by atoms with Gasteiger partial charge in [0.25, 0.3) is 5.91 Å². The first-order valence-electron chi connectivity index (χ1n) is 6.71. The van der Waals surface area contributed by atoms with Crippen LogP contribution in [0, 0.1) is 11.6 Å². The molecule has 1 saturated heterocycles. The molecule has 0 bridgehead atoms. The Hall–Kier alpha value is -1.53. The van der Waals surface area contributed by atoms with Gasteiger partial charge in [0.15, 0.2) is 11.6 Å². The summed E-state index contributed by atoms with van der Waals surface area (Å²) in [6.07, 6.45) is 0. The van der Waals surface area contributed by atoms with Crippen LogP contribution in [0.25, 0.3) is 0 Å². The average molecular weight is 283 g/mol. The van der Waals surface area contributed by atoms with Crippen LogP contribution in [-0.2, 0) is 0 Å². The van der Waals surface area contributed by atoms with Gasteiger partial charge >= 0.3 is 0 Å². The number of nitrogens with one attached hydrogen (secondary N) is 1. The Morgan fingerprint density at radius 2 is 1.95 bits per heavy atom. The minimum absolute atomic E-state index is 0.247. The number of carbonyl (C=O) groups excluding carboxylic acids is 1. The SMILES string of the molecule is CN1CCN(CCNC(=O)c2cccc(F)c2F)CC1. The van der Waals surface area contributed by atoms with Crippen molar-refractivity contribution in [2.45, 2.75) is 0 Å². The van der Waals surface area contributed by atoms with E-state index in [2.05, 4.69) is 22.2 Å². The first-order valence-corrected chi connectivity index (χ1v) is 6.71. The summed E-state index contributed by atoms with van der Waals surface area (Å²) in [6, 6.07) is 3.60. The molecule has 1 amide bonds. The van der Waals surface area contributed by atoms with Crippen molar-refractivity contribution in [3.05, 3.63) is 35.4 Å². The van der Waals surface area contributed by atoms with E-state index in [0.29, 0.717) is 6.54 Å². The molecule has 0 spiro atoms. The molecule has 4 nitrogen and oxygen atoms in total. The summed E-state index contributed by atoms with van der Waals surface area (Å²) >= 11 is 0. The maximum absolute atomic E-state index is 13.4. The lowest BCUT2D eigenvalue weighted by atomic mass is 10.2. The molecule has 2 rings (SSSR count). The molecular formula is C14H19F2N3O. The van der Waals surface area contributed by atoms with Crippen molar-refractivity contribution in [1.29, 1.82) is 0 Å². The fourth-order valence-electron chi connectivity index (χ4n) is 2.17. The number of amides is 1. The molecule has 1 aliphatic heterocycles. The molecule has 1 aromatic rings. The number of carbonyl (C=O) groups is 1. The molecule has 1 aliphatic rings. The topological polar surface area (TPSA) is 35.6 Å². The molecule has 20 heavy (non-hydrogen) atoms. The second-order valence-electron chi connectivity index (χ2n) is 5.00. The number of benzene rings is 1. The quantitative estimate of drug-likeness (QED) is 0.893. The van der Waals surface area contributed by atoms with Crippen molar-refractivity contribution in [1.82, 2.24) is 15.1 Å². The van der Waals surface area contributed by atoms with Crippen LogP contribution in [0.2, 0.25) is 0 Å². The average Bonchev–Trinajstić information content (AvgIpc) is 2.44. The van der Waals surface area contributed by atoms with E-state index in [4.69, 9.17) is 0 Å². The van der Waals surface area contributed by atoms with Crippen molar-refractivity contribution < 1.29 is 13.6 Å². The highest BCUT2D eigenvalue weighted by molar-refractivity contribution is 5.94. The number of piperazine rings is 1. The highest BCUT2D eigenvalue weighted by atomic mass is 19.2. The number of rotatable bonds is 4. The highest BCUT2D eigenvalue weighted by Crippen LogP contribution is 2.10. The summed E-state index contributed by atoms with van der Waals surface area (Å²) in [4.78, 5) is 16.3. The van der Waals surface area contributed by atoms with Gasteiger partial charge in [0.05, 0.1) is 5.56 Å². The maximum atomic E-state index is 13.4. The Kier molecular flexibility index (Phi) is 5.03. The van der Waals surface area contributed by atoms with Gasteiger partial charge in [0.1, 0.15) is 0 Å². The summed E-state index contributed by atoms with van der Waals surface area (Å²) in [7, 11) is 2.08. The molecule has 0 aromatic heterocycles. The molecular weight excluding hydrogens is 264 g/mol. The van der Waals surface area contributed by atoms with E-state index < -0.39 is 17.5 Å². The fourth-order valence-corrected chi connectivity index (χ4v) is 2.17. The predicted octanol–water partition coefficient (Wildman–Crippen LogP) is 0.942. The van der Waals surface area contributed by atoms with Crippen LogP contribution < -0.4 is 5.32 Å². The highest BCUT2D eigenvalue weighted by Gasteiger charge is 2.16. The normalized spacial score (nSPS) is 17.1. The second kappa shape index (κ2) is 6.76. The van der Waals surface area contributed by atoms with Crippen LogP contribution in [0.3, 0.4) is 0 Å². The summed E-state index contributed by atoms with van der Waals surface area (Å²) in [5.74, 6) is -2.67. The van der Waals surface area contributed by atoms with Gasteiger partial charge in [-0.3, -0.25) is 9.69 Å². The summed E-state index contributed by atoms with van der Waals surface area (Å²) in [5, 5.41) is 2.62. The Morgan fingerprint density at radius 3 is 2.65 bits per heavy atom. The smallest absolute Gasteiger partial charge is 0.254 e. The van der Waals surface area contributed by atoms with Gasteiger partial charge < -0.3 is 10.2 Å². The van der Waals surface area contributed by atoms with Gasteiger partial charge in [-0.05, 0) is 19.2 Å². The zero-order chi connectivity index (χ0) is 14.5. The molecule has 1 N–H and O–H groups in total. The van der Waals surface area contributed by atoms with Crippen LogP contribution in [-0.4, -0.2) is 62.0 Å². The Labute approximate surface area is 117 Å². The standard InChI is InChI=1S/C14H19F2N3O/c1-18-7-9-19(10-8-18)6-5-17-14(20)11-3-2-4-12(15)13(11)16/h2-4H,5-10H2,1H3,(H,17,20). The van der Waals surface area contributed by atoms with E-state index in [1.165, 1.54) is 12.1 Å². The van der Waals surface area contributed by atoms with E-state index in [1.807, 2.05) is 0 Å². The van der Waals surface area contributed by atoms with Crippen LogP contribution >= 0.6 is 0 Å². The number of likely N-dealkylation sites (N-methyl/N-ethyl adjacent to an activating group) is 1. The number of nitrogens with zero attached hydrogens (tertiary/aromatic N) is 2. The van der Waals surface area contributed by atoms with Crippen molar-refractivity contribution >= 4 is 5.91 Å². The minimum Gasteiger partial charge on any atom is -0.351 e.